The highest BCUT2D eigenvalue weighted by Gasteiger charge is 2.13. The molecule has 0 aromatic heterocycles. The van der Waals surface area contributed by atoms with Gasteiger partial charge in [-0.15, -0.1) is 6.42 Å². The lowest BCUT2D eigenvalue weighted by Crippen LogP contribution is -2.16. The smallest absolute Gasteiger partial charge is 0.107 e. The summed E-state index contributed by atoms with van der Waals surface area (Å²) in [7, 11) is 0. The number of hydrogen-bond donors (Lipinski definition) is 1. The summed E-state index contributed by atoms with van der Waals surface area (Å²) < 4.78 is 5.25. The van der Waals surface area contributed by atoms with Gasteiger partial charge in [-0.25, -0.2) is 0 Å². The first-order valence-corrected chi connectivity index (χ1v) is 3.19. The summed E-state index contributed by atoms with van der Waals surface area (Å²) in [4.78, 5) is 0. The van der Waals surface area contributed by atoms with E-state index in [1.165, 1.54) is 0 Å². The molecular weight excluding hydrogens is 114 g/mol. The van der Waals surface area contributed by atoms with Crippen LogP contribution in [0.5, 0.6) is 0 Å². The highest BCUT2D eigenvalue weighted by molar-refractivity contribution is 4.84. The molecule has 2 nitrogen and oxygen atoms in total. The summed E-state index contributed by atoms with van der Waals surface area (Å²) in [5.74, 6) is 2.44. The highest BCUT2D eigenvalue weighted by Crippen LogP contribution is 2.01. The zero-order chi connectivity index (χ0) is 6.53. The van der Waals surface area contributed by atoms with Crippen molar-refractivity contribution in [1.82, 2.24) is 5.32 Å². The molecule has 1 aliphatic heterocycles. The molecule has 1 atom stereocenters. The van der Waals surface area contributed by atoms with Gasteiger partial charge in [-0.1, -0.05) is 5.92 Å². The Labute approximate surface area is 55.6 Å². The minimum atomic E-state index is 0.362. The molecule has 0 radical (unpaired) electrons. The van der Waals surface area contributed by atoms with Crippen LogP contribution >= 0.6 is 0 Å². The lowest BCUT2D eigenvalue weighted by molar-refractivity contribution is 0.0934. The van der Waals surface area contributed by atoms with E-state index in [0.29, 0.717) is 12.7 Å². The fraction of sp³-hybridized carbons (Fsp3) is 0.714. The average Bonchev–Trinajstić information content (AvgIpc) is 2.34. The molecule has 0 aromatic rings. The molecule has 1 heterocycles. The Morgan fingerprint density at radius 3 is 3.22 bits per heavy atom. The van der Waals surface area contributed by atoms with Crippen LogP contribution in [0.1, 0.15) is 6.42 Å². The lowest BCUT2D eigenvalue weighted by Gasteiger charge is -2.05. The minimum absolute atomic E-state index is 0.362. The van der Waals surface area contributed by atoms with Gasteiger partial charge < -0.3 is 10.1 Å². The van der Waals surface area contributed by atoms with Gasteiger partial charge in [0.25, 0.3) is 0 Å². The van der Waals surface area contributed by atoms with Crippen molar-refractivity contribution in [3.05, 3.63) is 0 Å². The third-order valence-electron chi connectivity index (χ3n) is 1.42. The molecule has 50 valence electrons. The van der Waals surface area contributed by atoms with E-state index in [0.717, 1.165) is 19.5 Å². The molecule has 0 aromatic carbocycles. The van der Waals surface area contributed by atoms with E-state index in [1.807, 2.05) is 0 Å². The molecule has 1 N–H and O–H groups in total. The molecule has 1 fully saturated rings. The number of ether oxygens (including phenoxy) is 1. The van der Waals surface area contributed by atoms with Gasteiger partial charge in [-0.2, -0.15) is 0 Å². The van der Waals surface area contributed by atoms with E-state index in [2.05, 4.69) is 11.2 Å². The summed E-state index contributed by atoms with van der Waals surface area (Å²) in [6.45, 7) is 2.48. The third kappa shape index (κ3) is 2.05. The van der Waals surface area contributed by atoms with Crippen LogP contribution in [-0.2, 0) is 4.74 Å². The standard InChI is InChI=1S/C7H11NO/c1-2-5-9-7-3-4-8-6-7/h1,7-8H,3-6H2/t7-/m0/s1. The van der Waals surface area contributed by atoms with Gasteiger partial charge in [0.1, 0.15) is 6.61 Å². The quantitative estimate of drug-likeness (QED) is 0.524. The van der Waals surface area contributed by atoms with Crippen LogP contribution in [0.15, 0.2) is 0 Å². The van der Waals surface area contributed by atoms with Crippen molar-refractivity contribution in [2.75, 3.05) is 19.7 Å². The Hall–Kier alpha value is -0.520. The van der Waals surface area contributed by atoms with Crippen molar-refractivity contribution in [3.8, 4) is 12.3 Å². The van der Waals surface area contributed by atoms with Crippen LogP contribution in [0.2, 0.25) is 0 Å². The maximum atomic E-state index is 5.25. The Bertz CT molecular complexity index is 111. The van der Waals surface area contributed by atoms with Crippen molar-refractivity contribution in [2.24, 2.45) is 0 Å². The first-order chi connectivity index (χ1) is 4.43. The van der Waals surface area contributed by atoms with E-state index >= 15 is 0 Å². The topological polar surface area (TPSA) is 21.3 Å². The monoisotopic (exact) mass is 125 g/mol. The summed E-state index contributed by atoms with van der Waals surface area (Å²) in [6, 6.07) is 0. The number of rotatable bonds is 2. The zero-order valence-electron chi connectivity index (χ0n) is 5.39. The van der Waals surface area contributed by atoms with E-state index in [-0.39, 0.29) is 0 Å². The molecule has 9 heavy (non-hydrogen) atoms. The van der Waals surface area contributed by atoms with Crippen LogP contribution in [0.3, 0.4) is 0 Å². The van der Waals surface area contributed by atoms with E-state index < -0.39 is 0 Å². The highest BCUT2D eigenvalue weighted by atomic mass is 16.5. The molecule has 2 heteroatoms. The Morgan fingerprint density at radius 1 is 1.78 bits per heavy atom. The normalized spacial score (nSPS) is 25.9. The Kier molecular flexibility index (Phi) is 2.56. The van der Waals surface area contributed by atoms with Crippen LogP contribution in [0, 0.1) is 12.3 Å². The molecule has 1 saturated heterocycles. The van der Waals surface area contributed by atoms with Crippen LogP contribution in [0.4, 0.5) is 0 Å². The maximum Gasteiger partial charge on any atom is 0.107 e. The number of nitrogens with one attached hydrogen (secondary N) is 1. The van der Waals surface area contributed by atoms with Gasteiger partial charge >= 0.3 is 0 Å². The fourth-order valence-electron chi connectivity index (χ4n) is 0.936. The number of hydrogen-bond acceptors (Lipinski definition) is 2. The SMILES string of the molecule is C#CCO[C@H]1CCNC1. The van der Waals surface area contributed by atoms with Gasteiger partial charge in [-0.3, -0.25) is 0 Å². The van der Waals surface area contributed by atoms with Crippen LogP contribution < -0.4 is 5.32 Å². The summed E-state index contributed by atoms with van der Waals surface area (Å²) in [5, 5.41) is 3.19. The van der Waals surface area contributed by atoms with E-state index in [9.17, 15) is 0 Å². The minimum Gasteiger partial charge on any atom is -0.364 e. The van der Waals surface area contributed by atoms with E-state index in [1.54, 1.807) is 0 Å². The molecule has 1 rings (SSSR count). The van der Waals surface area contributed by atoms with Gasteiger partial charge in [0.2, 0.25) is 0 Å². The van der Waals surface area contributed by atoms with Crippen LogP contribution in [-0.4, -0.2) is 25.8 Å². The second-order valence-electron chi connectivity index (χ2n) is 2.13. The molecular formula is C7H11NO. The predicted molar refractivity (Wildman–Crippen MR) is 36.1 cm³/mol. The zero-order valence-corrected chi connectivity index (χ0v) is 5.39. The number of terminal acetylenes is 1. The average molecular weight is 125 g/mol. The maximum absolute atomic E-state index is 5.25. The van der Waals surface area contributed by atoms with Crippen LogP contribution in [0.25, 0.3) is 0 Å². The van der Waals surface area contributed by atoms with Gasteiger partial charge in [-0.05, 0) is 13.0 Å². The fourth-order valence-corrected chi connectivity index (χ4v) is 0.936. The van der Waals surface area contributed by atoms with Gasteiger partial charge in [0, 0.05) is 6.54 Å². The van der Waals surface area contributed by atoms with Crippen molar-refractivity contribution < 1.29 is 4.74 Å². The van der Waals surface area contributed by atoms with Gasteiger partial charge in [0.05, 0.1) is 6.10 Å². The van der Waals surface area contributed by atoms with Crippen molar-refractivity contribution in [3.63, 3.8) is 0 Å². The second kappa shape index (κ2) is 3.49. The molecule has 1 aliphatic rings. The predicted octanol–water partition coefficient (Wildman–Crippen LogP) is -0.00190. The lowest BCUT2D eigenvalue weighted by atomic mass is 10.3. The largest absolute Gasteiger partial charge is 0.364 e. The Balaban J connectivity index is 2.06. The summed E-state index contributed by atoms with van der Waals surface area (Å²) in [6.07, 6.45) is 6.47. The Morgan fingerprint density at radius 2 is 2.67 bits per heavy atom. The summed E-state index contributed by atoms with van der Waals surface area (Å²) in [5.41, 5.74) is 0. The van der Waals surface area contributed by atoms with Crippen molar-refractivity contribution >= 4 is 0 Å². The molecule has 0 bridgehead atoms. The molecule has 0 amide bonds. The van der Waals surface area contributed by atoms with Gasteiger partial charge in [0.15, 0.2) is 0 Å². The first-order valence-electron chi connectivity index (χ1n) is 3.19. The van der Waals surface area contributed by atoms with Crippen molar-refractivity contribution in [1.29, 1.82) is 0 Å². The first kappa shape index (κ1) is 6.60. The molecule has 0 spiro atoms. The second-order valence-corrected chi connectivity index (χ2v) is 2.13. The summed E-state index contributed by atoms with van der Waals surface area (Å²) >= 11 is 0. The third-order valence-corrected chi connectivity index (χ3v) is 1.42. The molecule has 0 aliphatic carbocycles. The molecule has 0 unspecified atom stereocenters. The molecule has 0 saturated carbocycles. The van der Waals surface area contributed by atoms with E-state index in [4.69, 9.17) is 11.2 Å². The van der Waals surface area contributed by atoms with Crippen molar-refractivity contribution in [2.45, 2.75) is 12.5 Å².